The van der Waals surface area contributed by atoms with Crippen LogP contribution < -0.4 is 10.5 Å². The van der Waals surface area contributed by atoms with E-state index in [4.69, 9.17) is 33.7 Å². The van der Waals surface area contributed by atoms with E-state index >= 15 is 0 Å². The highest BCUT2D eigenvalue weighted by Gasteiger charge is 2.00. The van der Waals surface area contributed by atoms with Crippen molar-refractivity contribution in [3.63, 3.8) is 0 Å². The number of ether oxygens (including phenoxy) is 1. The highest BCUT2D eigenvalue weighted by atomic mass is 35.5. The third-order valence-electron chi connectivity index (χ3n) is 2.67. The van der Waals surface area contributed by atoms with Crippen LogP contribution in [0.1, 0.15) is 5.56 Å². The molecule has 0 radical (unpaired) electrons. The average molecular weight is 328 g/mol. The van der Waals surface area contributed by atoms with E-state index in [9.17, 15) is 0 Å². The smallest absolute Gasteiger partial charge is 0.119 e. The summed E-state index contributed by atoms with van der Waals surface area (Å²) in [5, 5.41) is 1.15. The molecule has 2 aromatic rings. The van der Waals surface area contributed by atoms with Crippen LogP contribution in [-0.2, 0) is 6.54 Å². The monoisotopic (exact) mass is 327 g/mol. The van der Waals surface area contributed by atoms with Crippen molar-refractivity contribution < 1.29 is 4.74 Å². The zero-order chi connectivity index (χ0) is 14.4. The topological polar surface area (TPSA) is 35.2 Å². The molecule has 2 nitrogen and oxygen atoms in total. The van der Waals surface area contributed by atoms with E-state index in [1.165, 1.54) is 0 Å². The SMILES string of the molecule is NCc1ccc(OCCSc2ccc(Cl)c(Cl)c2)cc1. The Labute approximate surface area is 133 Å². The second-order valence-electron chi connectivity index (χ2n) is 4.12. The Morgan fingerprint density at radius 2 is 1.75 bits per heavy atom. The summed E-state index contributed by atoms with van der Waals surface area (Å²) in [6, 6.07) is 13.4. The number of hydrogen-bond donors (Lipinski definition) is 1. The molecule has 2 aromatic carbocycles. The summed E-state index contributed by atoms with van der Waals surface area (Å²) in [5.41, 5.74) is 6.64. The summed E-state index contributed by atoms with van der Waals surface area (Å²) in [6.45, 7) is 1.18. The molecule has 0 aliphatic carbocycles. The minimum absolute atomic E-state index is 0.549. The van der Waals surface area contributed by atoms with Gasteiger partial charge in [-0.2, -0.15) is 0 Å². The summed E-state index contributed by atoms with van der Waals surface area (Å²) in [6.07, 6.45) is 0. The number of benzene rings is 2. The van der Waals surface area contributed by atoms with E-state index in [0.29, 0.717) is 23.2 Å². The lowest BCUT2D eigenvalue weighted by Crippen LogP contribution is -2.01. The van der Waals surface area contributed by atoms with Crippen LogP contribution in [0.25, 0.3) is 0 Å². The normalized spacial score (nSPS) is 10.6. The summed E-state index contributed by atoms with van der Waals surface area (Å²) in [4.78, 5) is 1.08. The van der Waals surface area contributed by atoms with Gasteiger partial charge in [0.05, 0.1) is 16.7 Å². The maximum Gasteiger partial charge on any atom is 0.119 e. The second kappa shape index (κ2) is 7.79. The summed E-state index contributed by atoms with van der Waals surface area (Å²) >= 11 is 13.5. The van der Waals surface area contributed by atoms with Crippen LogP contribution in [0.4, 0.5) is 0 Å². The van der Waals surface area contributed by atoms with Crippen LogP contribution in [0.3, 0.4) is 0 Å². The van der Waals surface area contributed by atoms with Gasteiger partial charge in [0.1, 0.15) is 5.75 Å². The molecular formula is C15H15Cl2NOS. The largest absolute Gasteiger partial charge is 0.493 e. The van der Waals surface area contributed by atoms with Gasteiger partial charge in [0.15, 0.2) is 0 Å². The first-order valence-corrected chi connectivity index (χ1v) is 7.93. The van der Waals surface area contributed by atoms with Gasteiger partial charge >= 0.3 is 0 Å². The van der Waals surface area contributed by atoms with Gasteiger partial charge < -0.3 is 10.5 Å². The van der Waals surface area contributed by atoms with Crippen molar-refractivity contribution in [1.29, 1.82) is 0 Å². The Balaban J connectivity index is 1.76. The van der Waals surface area contributed by atoms with Crippen LogP contribution in [0, 0.1) is 0 Å². The molecule has 2 N–H and O–H groups in total. The lowest BCUT2D eigenvalue weighted by atomic mass is 10.2. The highest BCUT2D eigenvalue weighted by molar-refractivity contribution is 7.99. The minimum Gasteiger partial charge on any atom is -0.493 e. The minimum atomic E-state index is 0.549. The van der Waals surface area contributed by atoms with Crippen LogP contribution >= 0.6 is 35.0 Å². The van der Waals surface area contributed by atoms with Crippen molar-refractivity contribution in [2.45, 2.75) is 11.4 Å². The molecule has 5 heteroatoms. The predicted octanol–water partition coefficient (Wildman–Crippen LogP) is 4.62. The van der Waals surface area contributed by atoms with Crippen molar-refractivity contribution >= 4 is 35.0 Å². The van der Waals surface area contributed by atoms with Crippen LogP contribution in [0.5, 0.6) is 5.75 Å². The van der Waals surface area contributed by atoms with E-state index in [2.05, 4.69) is 0 Å². The molecule has 0 unspecified atom stereocenters. The van der Waals surface area contributed by atoms with Gasteiger partial charge in [-0.15, -0.1) is 11.8 Å². The first kappa shape index (κ1) is 15.5. The van der Waals surface area contributed by atoms with Crippen LogP contribution in [-0.4, -0.2) is 12.4 Å². The summed E-state index contributed by atoms with van der Waals surface area (Å²) in [7, 11) is 0. The summed E-state index contributed by atoms with van der Waals surface area (Å²) < 4.78 is 5.66. The Kier molecular flexibility index (Phi) is 6.05. The highest BCUT2D eigenvalue weighted by Crippen LogP contribution is 2.27. The average Bonchev–Trinajstić information content (AvgIpc) is 2.48. The van der Waals surface area contributed by atoms with Gasteiger partial charge in [-0.05, 0) is 35.9 Å². The molecule has 0 aromatic heterocycles. The van der Waals surface area contributed by atoms with Crippen molar-refractivity contribution in [1.82, 2.24) is 0 Å². The predicted molar refractivity (Wildman–Crippen MR) is 87.0 cm³/mol. The van der Waals surface area contributed by atoms with E-state index in [0.717, 1.165) is 22.0 Å². The fourth-order valence-electron chi connectivity index (χ4n) is 1.61. The number of halogens is 2. The molecule has 0 saturated carbocycles. The molecule has 0 aliphatic heterocycles. The number of nitrogens with two attached hydrogens (primary N) is 1. The van der Waals surface area contributed by atoms with Gasteiger partial charge in [-0.1, -0.05) is 35.3 Å². The van der Waals surface area contributed by atoms with Gasteiger partial charge in [0.25, 0.3) is 0 Å². The zero-order valence-corrected chi connectivity index (χ0v) is 13.1. The molecule has 0 saturated heterocycles. The molecule has 0 bridgehead atoms. The lowest BCUT2D eigenvalue weighted by Gasteiger charge is -2.07. The van der Waals surface area contributed by atoms with E-state index < -0.39 is 0 Å². The lowest BCUT2D eigenvalue weighted by molar-refractivity contribution is 0.344. The number of rotatable bonds is 6. The molecule has 0 fully saturated rings. The van der Waals surface area contributed by atoms with Gasteiger partial charge in [0, 0.05) is 17.2 Å². The van der Waals surface area contributed by atoms with Crippen molar-refractivity contribution in [2.75, 3.05) is 12.4 Å². The van der Waals surface area contributed by atoms with Crippen LogP contribution in [0.2, 0.25) is 10.0 Å². The Morgan fingerprint density at radius 1 is 1.00 bits per heavy atom. The third-order valence-corrected chi connectivity index (χ3v) is 4.37. The fourth-order valence-corrected chi connectivity index (χ4v) is 2.74. The quantitative estimate of drug-likeness (QED) is 0.620. The molecule has 2 rings (SSSR count). The van der Waals surface area contributed by atoms with Crippen LogP contribution in [0.15, 0.2) is 47.4 Å². The molecule has 106 valence electrons. The van der Waals surface area contributed by atoms with E-state index in [1.807, 2.05) is 36.4 Å². The number of hydrogen-bond acceptors (Lipinski definition) is 3. The summed E-state index contributed by atoms with van der Waals surface area (Å²) in [5.74, 6) is 1.70. The molecule has 0 atom stereocenters. The van der Waals surface area contributed by atoms with E-state index in [1.54, 1.807) is 17.8 Å². The Bertz CT molecular complexity index is 560. The van der Waals surface area contributed by atoms with Gasteiger partial charge in [-0.3, -0.25) is 0 Å². The standard InChI is InChI=1S/C15H15Cl2NOS/c16-14-6-5-13(9-15(14)17)20-8-7-19-12-3-1-11(10-18)2-4-12/h1-6,9H,7-8,10,18H2. The fraction of sp³-hybridized carbons (Fsp3) is 0.200. The van der Waals surface area contributed by atoms with Gasteiger partial charge in [-0.25, -0.2) is 0 Å². The second-order valence-corrected chi connectivity index (χ2v) is 6.10. The first-order valence-electron chi connectivity index (χ1n) is 6.18. The third kappa shape index (κ3) is 4.60. The number of thioether (sulfide) groups is 1. The van der Waals surface area contributed by atoms with Gasteiger partial charge in [0.2, 0.25) is 0 Å². The van der Waals surface area contributed by atoms with E-state index in [-0.39, 0.29) is 0 Å². The van der Waals surface area contributed by atoms with Crippen molar-refractivity contribution in [2.24, 2.45) is 5.73 Å². The Hall–Kier alpha value is -0.870. The molecule has 20 heavy (non-hydrogen) atoms. The molecule has 0 aliphatic rings. The molecular weight excluding hydrogens is 313 g/mol. The Morgan fingerprint density at radius 3 is 2.40 bits per heavy atom. The maximum atomic E-state index is 5.96. The molecule has 0 spiro atoms. The zero-order valence-electron chi connectivity index (χ0n) is 10.8. The molecule has 0 amide bonds. The van der Waals surface area contributed by atoms with Crippen molar-refractivity contribution in [3.05, 3.63) is 58.1 Å². The maximum absolute atomic E-state index is 5.96. The molecule has 0 heterocycles. The first-order chi connectivity index (χ1) is 9.69. The van der Waals surface area contributed by atoms with Crippen molar-refractivity contribution in [3.8, 4) is 5.75 Å².